The monoisotopic (exact) mass is 472 g/mol. The van der Waals surface area contributed by atoms with Crippen LogP contribution in [-0.4, -0.2) is 27.9 Å². The smallest absolute Gasteiger partial charge is 0.373 e. The molecular weight excluding hydrogens is 456 g/mol. The van der Waals surface area contributed by atoms with Crippen molar-refractivity contribution in [2.45, 2.75) is 37.5 Å². The van der Waals surface area contributed by atoms with Crippen LogP contribution >= 0.6 is 11.6 Å². The van der Waals surface area contributed by atoms with E-state index >= 15 is 0 Å². The van der Waals surface area contributed by atoms with Crippen molar-refractivity contribution >= 4 is 34.0 Å². The summed E-state index contributed by atoms with van der Waals surface area (Å²) < 4.78 is 60.0. The molecular formula is C21H17ClF4N2O4. The lowest BCUT2D eigenvalue weighted by molar-refractivity contribution is -0.254. The van der Waals surface area contributed by atoms with Gasteiger partial charge >= 0.3 is 11.8 Å². The fourth-order valence-corrected chi connectivity index (χ4v) is 3.80. The lowest BCUT2D eigenvalue weighted by Gasteiger charge is -2.37. The summed E-state index contributed by atoms with van der Waals surface area (Å²) in [6, 6.07) is 7.26. The molecule has 3 aromatic rings. The summed E-state index contributed by atoms with van der Waals surface area (Å²) in [7, 11) is 0. The summed E-state index contributed by atoms with van der Waals surface area (Å²) in [6.07, 6.45) is -5.36. The van der Waals surface area contributed by atoms with Crippen molar-refractivity contribution in [3.05, 3.63) is 69.4 Å². The first-order chi connectivity index (χ1) is 14.8. The lowest BCUT2D eigenvalue weighted by Crippen LogP contribution is -2.57. The first-order valence-electron chi connectivity index (χ1n) is 9.20. The number of aliphatic hydroxyl groups is 1. The van der Waals surface area contributed by atoms with E-state index in [0.29, 0.717) is 0 Å². The molecule has 6 nitrogen and oxygen atoms in total. The molecule has 0 saturated heterocycles. The quantitative estimate of drug-likeness (QED) is 0.530. The molecule has 2 aromatic carbocycles. The van der Waals surface area contributed by atoms with Crippen LogP contribution in [0.25, 0.3) is 10.8 Å². The Balaban J connectivity index is 1.97. The molecule has 0 spiro atoms. The van der Waals surface area contributed by atoms with Crippen LogP contribution in [0.5, 0.6) is 0 Å². The van der Waals surface area contributed by atoms with Gasteiger partial charge in [0.1, 0.15) is 5.82 Å². The second-order valence-electron chi connectivity index (χ2n) is 7.89. The molecule has 11 heteroatoms. The predicted octanol–water partition coefficient (Wildman–Crippen LogP) is 4.58. The van der Waals surface area contributed by atoms with Gasteiger partial charge in [0.15, 0.2) is 0 Å². The van der Waals surface area contributed by atoms with Gasteiger partial charge in [0.2, 0.25) is 5.60 Å². The zero-order chi connectivity index (χ0) is 23.9. The molecule has 0 bridgehead atoms. The molecule has 1 unspecified atom stereocenters. The Labute approximate surface area is 183 Å². The highest BCUT2D eigenvalue weighted by atomic mass is 35.5. The second kappa shape index (κ2) is 8.18. The van der Waals surface area contributed by atoms with Crippen molar-refractivity contribution in [3.63, 3.8) is 0 Å². The summed E-state index contributed by atoms with van der Waals surface area (Å²) in [4.78, 5) is 24.3. The zero-order valence-corrected chi connectivity index (χ0v) is 17.5. The molecule has 0 aliphatic carbocycles. The molecule has 170 valence electrons. The van der Waals surface area contributed by atoms with E-state index in [0.717, 1.165) is 12.3 Å². The number of alkyl halides is 3. The molecule has 1 atom stereocenters. The van der Waals surface area contributed by atoms with E-state index in [9.17, 15) is 32.3 Å². The predicted molar refractivity (Wildman–Crippen MR) is 109 cm³/mol. The minimum atomic E-state index is -5.37. The van der Waals surface area contributed by atoms with Crippen LogP contribution in [0, 0.1) is 5.82 Å². The van der Waals surface area contributed by atoms with E-state index in [4.69, 9.17) is 11.6 Å². The van der Waals surface area contributed by atoms with Crippen molar-refractivity contribution < 1.29 is 32.0 Å². The normalized spacial score (nSPS) is 14.2. The number of benzene rings is 2. The van der Waals surface area contributed by atoms with E-state index in [-0.39, 0.29) is 22.0 Å². The van der Waals surface area contributed by atoms with Gasteiger partial charge < -0.3 is 14.9 Å². The van der Waals surface area contributed by atoms with E-state index in [2.05, 4.69) is 9.68 Å². The molecule has 0 aliphatic rings. The molecule has 1 heterocycles. The fraction of sp³-hybridized carbons (Fsp3) is 0.286. The average molecular weight is 473 g/mol. The third-order valence-electron chi connectivity index (χ3n) is 5.08. The first kappa shape index (κ1) is 23.7. The first-order valence-corrected chi connectivity index (χ1v) is 9.58. The van der Waals surface area contributed by atoms with Gasteiger partial charge in [-0.2, -0.15) is 13.2 Å². The van der Waals surface area contributed by atoms with E-state index in [1.54, 1.807) is 0 Å². The average Bonchev–Trinajstić information content (AvgIpc) is 2.68. The van der Waals surface area contributed by atoms with Crippen LogP contribution in [-0.2, 0) is 10.2 Å². The third kappa shape index (κ3) is 4.33. The Morgan fingerprint density at radius 3 is 2.56 bits per heavy atom. The Morgan fingerprint density at radius 2 is 1.91 bits per heavy atom. The van der Waals surface area contributed by atoms with Gasteiger partial charge in [-0.3, -0.25) is 4.79 Å². The van der Waals surface area contributed by atoms with Gasteiger partial charge in [-0.05, 0) is 35.2 Å². The van der Waals surface area contributed by atoms with Gasteiger partial charge in [0.05, 0.1) is 16.6 Å². The van der Waals surface area contributed by atoms with Crippen molar-refractivity contribution in [2.24, 2.45) is 0 Å². The maximum Gasteiger partial charge on any atom is 0.426 e. The number of carbonyl (C=O) groups excluding carboxylic acids is 1. The maximum absolute atomic E-state index is 13.9. The van der Waals surface area contributed by atoms with E-state index in [1.165, 1.54) is 44.2 Å². The zero-order valence-electron chi connectivity index (χ0n) is 16.8. The Hall–Kier alpha value is -2.98. The van der Waals surface area contributed by atoms with Gasteiger partial charge in [-0.15, -0.1) is 0 Å². The van der Waals surface area contributed by atoms with Crippen LogP contribution in [0.4, 0.5) is 23.2 Å². The second-order valence-corrected chi connectivity index (χ2v) is 8.27. The minimum Gasteiger partial charge on any atom is -0.373 e. The summed E-state index contributed by atoms with van der Waals surface area (Å²) in [6.45, 7) is 2.61. The number of carbonyl (C=O) groups is 1. The van der Waals surface area contributed by atoms with Crippen molar-refractivity contribution in [1.29, 1.82) is 0 Å². The van der Waals surface area contributed by atoms with Gasteiger partial charge in [0, 0.05) is 17.5 Å². The molecule has 0 fully saturated rings. The highest BCUT2D eigenvalue weighted by molar-refractivity contribution is 6.31. The van der Waals surface area contributed by atoms with E-state index < -0.39 is 46.0 Å². The minimum absolute atomic E-state index is 0.00172. The van der Waals surface area contributed by atoms with Crippen LogP contribution in [0.15, 0.2) is 51.9 Å². The number of halogens is 5. The molecule has 0 aliphatic heterocycles. The van der Waals surface area contributed by atoms with E-state index in [1.807, 2.05) is 5.32 Å². The Morgan fingerprint density at radius 1 is 1.22 bits per heavy atom. The largest absolute Gasteiger partial charge is 0.426 e. The summed E-state index contributed by atoms with van der Waals surface area (Å²) in [5.41, 5.74) is -6.26. The fourth-order valence-electron chi connectivity index (χ4n) is 3.42. The SMILES string of the molecule is CC(C)(CC(O)(C(=O)Nc1ccc2c(=O)oncc2c1)C(F)(F)F)c1cccc(F)c1Cl. The highest BCUT2D eigenvalue weighted by Crippen LogP contribution is 2.43. The van der Waals surface area contributed by atoms with Gasteiger partial charge in [-0.1, -0.05) is 42.7 Å². The summed E-state index contributed by atoms with van der Waals surface area (Å²) in [5, 5.41) is 15.8. The topological polar surface area (TPSA) is 92.4 Å². The molecule has 32 heavy (non-hydrogen) atoms. The van der Waals surface area contributed by atoms with Crippen LogP contribution < -0.4 is 10.9 Å². The Kier molecular flexibility index (Phi) is 6.05. The number of hydrogen-bond donors (Lipinski definition) is 2. The van der Waals surface area contributed by atoms with Crippen molar-refractivity contribution in [3.8, 4) is 0 Å². The van der Waals surface area contributed by atoms with Crippen molar-refractivity contribution in [2.75, 3.05) is 5.32 Å². The number of aromatic nitrogens is 1. The third-order valence-corrected chi connectivity index (χ3v) is 5.46. The molecule has 0 saturated carbocycles. The summed E-state index contributed by atoms with van der Waals surface area (Å²) >= 11 is 5.92. The number of fused-ring (bicyclic) bond motifs is 1. The molecule has 1 aromatic heterocycles. The highest BCUT2D eigenvalue weighted by Gasteiger charge is 2.61. The molecule has 1 amide bonds. The number of anilines is 1. The lowest BCUT2D eigenvalue weighted by atomic mass is 9.74. The van der Waals surface area contributed by atoms with Crippen LogP contribution in [0.1, 0.15) is 25.8 Å². The number of nitrogens with one attached hydrogen (secondary N) is 1. The van der Waals surface area contributed by atoms with Crippen molar-refractivity contribution in [1.82, 2.24) is 5.16 Å². The number of amides is 1. The number of hydrogen-bond acceptors (Lipinski definition) is 5. The summed E-state index contributed by atoms with van der Waals surface area (Å²) in [5.74, 6) is -2.59. The molecule has 2 N–H and O–H groups in total. The maximum atomic E-state index is 13.9. The standard InChI is InChI=1S/C21H17ClF4N2O4/c1-19(2,14-4-3-5-15(23)16(14)22)10-20(31,21(24,25)26)18(30)28-12-6-7-13-11(8-12)9-27-32-17(13)29/h3-9,31H,10H2,1-2H3,(H,28,30). The van der Waals surface area contributed by atoms with Crippen LogP contribution in [0.2, 0.25) is 5.02 Å². The molecule has 0 radical (unpaired) electrons. The number of nitrogens with zero attached hydrogens (tertiary/aromatic N) is 1. The number of rotatable bonds is 5. The van der Waals surface area contributed by atoms with Crippen LogP contribution in [0.3, 0.4) is 0 Å². The Bertz CT molecular complexity index is 1240. The molecule has 3 rings (SSSR count). The van der Waals surface area contributed by atoms with Gasteiger partial charge in [0.25, 0.3) is 5.91 Å². The van der Waals surface area contributed by atoms with Gasteiger partial charge in [-0.25, -0.2) is 9.18 Å².